The van der Waals surface area contributed by atoms with E-state index in [9.17, 15) is 13.6 Å². The first-order chi connectivity index (χ1) is 13.5. The van der Waals surface area contributed by atoms with Crippen molar-refractivity contribution < 1.29 is 23.0 Å². The highest BCUT2D eigenvalue weighted by molar-refractivity contribution is 6.05. The number of anilines is 3. The maximum absolute atomic E-state index is 13.8. The molecule has 144 valence electrons. The Hall–Kier alpha value is -3.68. The summed E-state index contributed by atoms with van der Waals surface area (Å²) in [4.78, 5) is 16.7. The highest BCUT2D eigenvalue weighted by Crippen LogP contribution is 2.29. The van der Waals surface area contributed by atoms with Crippen LogP contribution in [-0.2, 0) is 0 Å². The minimum absolute atomic E-state index is 0.0425. The summed E-state index contributed by atoms with van der Waals surface area (Å²) in [5.74, 6) is -0.614. The number of methoxy groups -OCH3 is 2. The van der Waals surface area contributed by atoms with E-state index in [0.717, 1.165) is 12.1 Å². The number of hydrogen-bond donors (Lipinski definition) is 2. The summed E-state index contributed by atoms with van der Waals surface area (Å²) in [6, 6.07) is 11.1. The zero-order valence-electron chi connectivity index (χ0n) is 15.1. The van der Waals surface area contributed by atoms with Gasteiger partial charge in [-0.1, -0.05) is 0 Å². The smallest absolute Gasteiger partial charge is 0.255 e. The van der Waals surface area contributed by atoms with Crippen molar-refractivity contribution in [3.63, 3.8) is 0 Å². The fourth-order valence-corrected chi connectivity index (χ4v) is 2.48. The lowest BCUT2D eigenvalue weighted by Gasteiger charge is -2.12. The Morgan fingerprint density at radius 1 is 0.964 bits per heavy atom. The maximum atomic E-state index is 13.8. The number of rotatable bonds is 6. The molecule has 0 fully saturated rings. The van der Waals surface area contributed by atoms with Gasteiger partial charge in [-0.15, -0.1) is 0 Å². The van der Waals surface area contributed by atoms with Crippen molar-refractivity contribution in [2.75, 3.05) is 24.9 Å². The molecule has 0 aliphatic carbocycles. The molecule has 8 heteroatoms. The van der Waals surface area contributed by atoms with Gasteiger partial charge in [-0.25, -0.2) is 13.8 Å². The number of amides is 1. The molecule has 6 nitrogen and oxygen atoms in total. The van der Waals surface area contributed by atoms with E-state index in [1.54, 1.807) is 18.2 Å². The lowest BCUT2D eigenvalue weighted by atomic mass is 10.2. The van der Waals surface area contributed by atoms with Crippen molar-refractivity contribution in [2.45, 2.75) is 0 Å². The number of pyridine rings is 1. The number of ether oxygens (including phenoxy) is 2. The molecule has 2 N–H and O–H groups in total. The first-order valence-electron chi connectivity index (χ1n) is 8.21. The molecule has 2 aromatic carbocycles. The molecule has 3 aromatic rings. The highest BCUT2D eigenvalue weighted by atomic mass is 19.1. The summed E-state index contributed by atoms with van der Waals surface area (Å²) in [5.41, 5.74) is 0.758. The lowest BCUT2D eigenvalue weighted by Crippen LogP contribution is -2.13. The number of aromatic nitrogens is 1. The van der Waals surface area contributed by atoms with Crippen molar-refractivity contribution in [2.24, 2.45) is 0 Å². The van der Waals surface area contributed by atoms with Crippen LogP contribution in [-0.4, -0.2) is 25.1 Å². The third-order valence-corrected chi connectivity index (χ3v) is 3.87. The predicted molar refractivity (Wildman–Crippen MR) is 101 cm³/mol. The Bertz CT molecular complexity index is 1010. The van der Waals surface area contributed by atoms with E-state index in [4.69, 9.17) is 9.47 Å². The molecule has 1 amide bonds. The van der Waals surface area contributed by atoms with Crippen LogP contribution in [0.2, 0.25) is 0 Å². The number of benzene rings is 2. The second kappa shape index (κ2) is 8.34. The molecule has 0 aliphatic heterocycles. The number of nitrogens with zero attached hydrogens (tertiary/aromatic N) is 1. The average molecular weight is 385 g/mol. The average Bonchev–Trinajstić information content (AvgIpc) is 2.70. The molecule has 0 radical (unpaired) electrons. The van der Waals surface area contributed by atoms with Crippen LogP contribution in [0.4, 0.5) is 26.0 Å². The third-order valence-electron chi connectivity index (χ3n) is 3.87. The van der Waals surface area contributed by atoms with Crippen molar-refractivity contribution in [1.82, 2.24) is 4.98 Å². The van der Waals surface area contributed by atoms with Gasteiger partial charge < -0.3 is 20.1 Å². The number of nitrogens with one attached hydrogen (secondary N) is 2. The Morgan fingerprint density at radius 2 is 1.79 bits per heavy atom. The topological polar surface area (TPSA) is 72.5 Å². The molecular formula is C20H17F2N3O3. The van der Waals surface area contributed by atoms with Gasteiger partial charge in [0.15, 0.2) is 0 Å². The Balaban J connectivity index is 1.81. The van der Waals surface area contributed by atoms with E-state index in [2.05, 4.69) is 15.6 Å². The van der Waals surface area contributed by atoms with E-state index < -0.39 is 17.5 Å². The zero-order chi connectivity index (χ0) is 20.1. The SMILES string of the molecule is COc1ccc(OC)c(NC(=O)c2ccnc(Nc3ccc(F)cc3F)c2)c1. The molecule has 1 aromatic heterocycles. The summed E-state index contributed by atoms with van der Waals surface area (Å²) < 4.78 is 37.2. The standard InChI is InChI=1S/C20H17F2N3O3/c1-27-14-4-6-18(28-2)17(11-14)25-20(26)12-7-8-23-19(9-12)24-16-5-3-13(21)10-15(16)22/h3-11H,1-2H3,(H,23,24)(H,25,26). The van der Waals surface area contributed by atoms with Crippen LogP contribution >= 0.6 is 0 Å². The van der Waals surface area contributed by atoms with Crippen LogP contribution in [0.3, 0.4) is 0 Å². The summed E-state index contributed by atoms with van der Waals surface area (Å²) in [6.45, 7) is 0. The van der Waals surface area contributed by atoms with Gasteiger partial charge in [-0.05, 0) is 36.4 Å². The summed E-state index contributed by atoms with van der Waals surface area (Å²) in [5, 5.41) is 5.46. The first kappa shape index (κ1) is 19.1. The molecule has 3 rings (SSSR count). The quantitative estimate of drug-likeness (QED) is 0.659. The molecule has 1 heterocycles. The fraction of sp³-hybridized carbons (Fsp3) is 0.100. The molecule has 0 atom stereocenters. The maximum Gasteiger partial charge on any atom is 0.255 e. The Labute approximate surface area is 160 Å². The molecule has 28 heavy (non-hydrogen) atoms. The van der Waals surface area contributed by atoms with Gasteiger partial charge in [0.1, 0.15) is 29.0 Å². The van der Waals surface area contributed by atoms with Crippen LogP contribution < -0.4 is 20.1 Å². The largest absolute Gasteiger partial charge is 0.497 e. The minimum Gasteiger partial charge on any atom is -0.497 e. The minimum atomic E-state index is -0.766. The predicted octanol–water partition coefficient (Wildman–Crippen LogP) is 4.37. The molecule has 0 bridgehead atoms. The summed E-state index contributed by atoms with van der Waals surface area (Å²) >= 11 is 0. The van der Waals surface area contributed by atoms with Gasteiger partial charge >= 0.3 is 0 Å². The van der Waals surface area contributed by atoms with E-state index in [1.807, 2.05) is 0 Å². The Morgan fingerprint density at radius 3 is 2.50 bits per heavy atom. The van der Waals surface area contributed by atoms with Gasteiger partial charge in [-0.2, -0.15) is 0 Å². The van der Waals surface area contributed by atoms with Gasteiger partial charge in [0.2, 0.25) is 0 Å². The van der Waals surface area contributed by atoms with E-state index >= 15 is 0 Å². The third kappa shape index (κ3) is 4.35. The van der Waals surface area contributed by atoms with Gasteiger partial charge in [-0.3, -0.25) is 4.79 Å². The van der Waals surface area contributed by atoms with Gasteiger partial charge in [0.25, 0.3) is 5.91 Å². The Kier molecular flexibility index (Phi) is 5.69. The summed E-state index contributed by atoms with van der Waals surface area (Å²) in [7, 11) is 3.01. The molecule has 0 saturated heterocycles. The molecule has 0 aliphatic rings. The second-order valence-electron chi connectivity index (χ2n) is 5.70. The second-order valence-corrected chi connectivity index (χ2v) is 5.70. The molecular weight excluding hydrogens is 368 g/mol. The van der Waals surface area contributed by atoms with E-state index in [1.165, 1.54) is 38.6 Å². The number of carbonyl (C=O) groups is 1. The van der Waals surface area contributed by atoms with Crippen molar-refractivity contribution in [3.8, 4) is 11.5 Å². The van der Waals surface area contributed by atoms with Crippen LogP contribution in [0.5, 0.6) is 11.5 Å². The van der Waals surface area contributed by atoms with Crippen molar-refractivity contribution in [1.29, 1.82) is 0 Å². The highest BCUT2D eigenvalue weighted by Gasteiger charge is 2.13. The molecule has 0 spiro atoms. The lowest BCUT2D eigenvalue weighted by molar-refractivity contribution is 0.102. The van der Waals surface area contributed by atoms with Crippen molar-refractivity contribution in [3.05, 3.63) is 71.9 Å². The zero-order valence-corrected chi connectivity index (χ0v) is 15.1. The normalized spacial score (nSPS) is 10.3. The van der Waals surface area contributed by atoms with E-state index in [-0.39, 0.29) is 17.1 Å². The van der Waals surface area contributed by atoms with Crippen LogP contribution in [0, 0.1) is 11.6 Å². The first-order valence-corrected chi connectivity index (χ1v) is 8.21. The van der Waals surface area contributed by atoms with Gasteiger partial charge in [0, 0.05) is 23.9 Å². The molecule has 0 unspecified atom stereocenters. The van der Waals surface area contributed by atoms with Gasteiger partial charge in [0.05, 0.1) is 25.6 Å². The number of halogens is 2. The van der Waals surface area contributed by atoms with Crippen LogP contribution in [0.1, 0.15) is 10.4 Å². The van der Waals surface area contributed by atoms with Crippen molar-refractivity contribution >= 4 is 23.1 Å². The van der Waals surface area contributed by atoms with E-state index in [0.29, 0.717) is 17.2 Å². The van der Waals surface area contributed by atoms with Crippen LogP contribution in [0.25, 0.3) is 0 Å². The van der Waals surface area contributed by atoms with Crippen LogP contribution in [0.15, 0.2) is 54.7 Å². The summed E-state index contributed by atoms with van der Waals surface area (Å²) in [6.07, 6.45) is 1.40. The number of carbonyl (C=O) groups excluding carboxylic acids is 1. The monoisotopic (exact) mass is 385 g/mol. The fourth-order valence-electron chi connectivity index (χ4n) is 2.48. The number of hydrogen-bond acceptors (Lipinski definition) is 5. The molecule has 0 saturated carbocycles.